The monoisotopic (exact) mass is 1750 g/mol. The molecule has 696 valence electrons. The lowest BCUT2D eigenvalue weighted by Crippen LogP contribution is -2.40. The summed E-state index contributed by atoms with van der Waals surface area (Å²) in [4.78, 5) is 9.72. The summed E-state index contributed by atoms with van der Waals surface area (Å²) in [6.07, 6.45) is 0. The van der Waals surface area contributed by atoms with Crippen LogP contribution in [0.5, 0.6) is 0 Å². The molecule has 3 aliphatic carbocycles. The van der Waals surface area contributed by atoms with Gasteiger partial charge >= 0.3 is 0 Å². The summed E-state index contributed by atoms with van der Waals surface area (Å²) in [5, 5.41) is 5.38. The Hall–Kier alpha value is -10.4. The minimum absolute atomic E-state index is 0.00688. The lowest BCUT2D eigenvalue weighted by Gasteiger charge is -2.43. The van der Waals surface area contributed by atoms with E-state index in [-0.39, 0.29) is 59.6 Å². The molecule has 0 N–H and O–H groups in total. The van der Waals surface area contributed by atoms with Crippen LogP contribution in [0.2, 0.25) is 0 Å². The lowest BCUT2D eigenvalue weighted by atomic mass is 9.59. The zero-order valence-corrected chi connectivity index (χ0v) is 89.5. The maximum absolute atomic E-state index is 2.52. The topological polar surface area (TPSA) is 13.0 Å². The summed E-state index contributed by atoms with van der Waals surface area (Å²) in [6, 6.07) is 94.9. The maximum atomic E-state index is 2.52. The van der Waals surface area contributed by atoms with Crippen molar-refractivity contribution in [2.45, 2.75) is 323 Å². The normalized spacial score (nSPS) is 17.1. The summed E-state index contributed by atoms with van der Waals surface area (Å²) < 4.78 is 0. The quantitative estimate of drug-likeness (QED) is 0.140. The maximum Gasteiger partial charge on any atom is 0.0532 e. The number of benzene rings is 13. The van der Waals surface area contributed by atoms with Gasteiger partial charge < -0.3 is 19.6 Å². The third-order valence-electron chi connectivity index (χ3n) is 32.0. The molecule has 0 spiro atoms. The minimum atomic E-state index is -0.0488. The highest BCUT2D eigenvalue weighted by Crippen LogP contribution is 2.65. The number of rotatable bonds is 0. The predicted molar refractivity (Wildman–Crippen MR) is 586 cm³/mol. The molecule has 0 amide bonds. The molecule has 0 saturated carbocycles. The molecule has 0 radical (unpaired) electrons. The number of para-hydroxylation sites is 4. The highest BCUT2D eigenvalue weighted by atomic mass is 15.1. The Balaban J connectivity index is 0.000000187. The van der Waals surface area contributed by atoms with E-state index >= 15 is 0 Å². The molecule has 20 rings (SSSR count). The molecular formula is C127H168N4. The van der Waals surface area contributed by atoms with Crippen LogP contribution in [0.15, 0.2) is 255 Å². The smallest absolute Gasteiger partial charge is 0.0532 e. The van der Waals surface area contributed by atoms with Gasteiger partial charge in [0.1, 0.15) is 0 Å². The second-order valence-electron chi connectivity index (χ2n) is 40.3. The van der Waals surface area contributed by atoms with E-state index < -0.39 is 0 Å². The van der Waals surface area contributed by atoms with Gasteiger partial charge in [-0.05, 0) is 164 Å². The Labute approximate surface area is 798 Å². The van der Waals surface area contributed by atoms with Gasteiger partial charge in [-0.15, -0.1) is 0 Å². The number of hydrogen-bond donors (Lipinski definition) is 0. The van der Waals surface area contributed by atoms with E-state index in [9.17, 15) is 0 Å². The Bertz CT molecular complexity index is 6120. The van der Waals surface area contributed by atoms with E-state index in [0.717, 1.165) is 0 Å². The van der Waals surface area contributed by atoms with E-state index in [2.05, 4.69) is 455 Å². The average Bonchev–Trinajstić information content (AvgIpc) is 1.58. The van der Waals surface area contributed by atoms with Crippen LogP contribution in [-0.4, -0.2) is 28.2 Å². The zero-order chi connectivity index (χ0) is 98.0. The van der Waals surface area contributed by atoms with Crippen molar-refractivity contribution in [3.05, 3.63) is 333 Å². The van der Waals surface area contributed by atoms with Gasteiger partial charge in [-0.2, -0.15) is 0 Å². The van der Waals surface area contributed by atoms with Crippen LogP contribution in [0.1, 0.15) is 341 Å². The van der Waals surface area contributed by atoms with Crippen LogP contribution in [0, 0.1) is 0 Å². The molecule has 13 aromatic rings. The first kappa shape index (κ1) is 104. The van der Waals surface area contributed by atoms with Gasteiger partial charge in [-0.3, -0.25) is 0 Å². The summed E-state index contributed by atoms with van der Waals surface area (Å²) in [6.45, 7) is 84.9. The van der Waals surface area contributed by atoms with Crippen molar-refractivity contribution in [2.75, 3.05) is 47.8 Å². The fourth-order valence-electron chi connectivity index (χ4n) is 22.3. The molecule has 4 heteroatoms. The molecule has 0 atom stereocenters. The Morgan fingerprint density at radius 3 is 0.893 bits per heavy atom. The first-order valence-electron chi connectivity index (χ1n) is 50.2. The fourth-order valence-corrected chi connectivity index (χ4v) is 22.3. The molecular weight excluding hydrogens is 1580 g/mol. The van der Waals surface area contributed by atoms with Crippen LogP contribution in [0.25, 0.3) is 54.9 Å². The predicted octanol–water partition coefficient (Wildman–Crippen LogP) is 37.5. The van der Waals surface area contributed by atoms with E-state index in [1.807, 2.05) is 111 Å². The summed E-state index contributed by atoms with van der Waals surface area (Å²) in [5.74, 6) is 0. The van der Waals surface area contributed by atoms with E-state index in [1.165, 1.54) is 178 Å². The van der Waals surface area contributed by atoms with Gasteiger partial charge in [0.05, 0.1) is 5.69 Å². The Morgan fingerprint density at radius 2 is 0.450 bits per heavy atom. The number of hydrogen-bond acceptors (Lipinski definition) is 4. The fraction of sp³-hybridized carbons (Fsp3) is 0.417. The van der Waals surface area contributed by atoms with Crippen molar-refractivity contribution in [3.63, 3.8) is 0 Å². The van der Waals surface area contributed by atoms with Gasteiger partial charge in [0.15, 0.2) is 0 Å². The van der Waals surface area contributed by atoms with Crippen molar-refractivity contribution < 1.29 is 0 Å². The first-order valence-corrected chi connectivity index (χ1v) is 50.2. The van der Waals surface area contributed by atoms with E-state index in [1.54, 1.807) is 0 Å². The second kappa shape index (κ2) is 39.8. The van der Waals surface area contributed by atoms with Crippen LogP contribution < -0.4 is 19.6 Å². The molecule has 0 aromatic heterocycles. The molecule has 4 nitrogen and oxygen atoms in total. The minimum Gasteiger partial charge on any atom is -0.344 e. The van der Waals surface area contributed by atoms with Gasteiger partial charge in [0.2, 0.25) is 0 Å². The average molecular weight is 1750 g/mol. The molecule has 131 heavy (non-hydrogen) atoms. The highest BCUT2D eigenvalue weighted by molar-refractivity contribution is 6.17. The SMILES string of the molecule is CC.CC.CC.CC.CC.CC.CC.CC.CN1c2ccccc2C(C)(C)C(C)(C)c2c1c1ccccc1c1ccccc21.CN1c2ccccc2C(C)(C)C(C)(C)c2c1ccc1c2-c2ccccc2C1(C)C.CN1c2ccccc2C(C)(C)C(C)(C)c2cc3c(cc21)-c1ccccc1C3(C)C.CN1c2ccccc2C(C)(C)C(C)(C)c2ccc3c(c21)C(C)(C)c1ccccc1-3. The van der Waals surface area contributed by atoms with E-state index in [4.69, 9.17) is 0 Å². The van der Waals surface area contributed by atoms with Crippen LogP contribution in [0.4, 0.5) is 45.5 Å². The first-order chi connectivity index (χ1) is 62.1. The lowest BCUT2D eigenvalue weighted by molar-refractivity contribution is 0.306. The molecule has 0 unspecified atom stereocenters. The molecule has 4 heterocycles. The van der Waals surface area contributed by atoms with Crippen LogP contribution in [-0.2, 0) is 59.6 Å². The number of anilines is 8. The largest absolute Gasteiger partial charge is 0.344 e. The summed E-state index contributed by atoms with van der Waals surface area (Å²) >= 11 is 0. The van der Waals surface area contributed by atoms with Crippen molar-refractivity contribution in [1.29, 1.82) is 0 Å². The molecule has 7 aliphatic rings. The van der Waals surface area contributed by atoms with Crippen molar-refractivity contribution in [3.8, 4) is 33.4 Å². The van der Waals surface area contributed by atoms with Crippen molar-refractivity contribution in [2.24, 2.45) is 0 Å². The molecule has 4 aliphatic heterocycles. The highest BCUT2D eigenvalue weighted by Gasteiger charge is 2.54. The number of nitrogens with zero attached hydrogens (tertiary/aromatic N) is 4. The third-order valence-corrected chi connectivity index (χ3v) is 32.0. The van der Waals surface area contributed by atoms with Gasteiger partial charge in [0.25, 0.3) is 0 Å². The molecule has 0 fully saturated rings. The van der Waals surface area contributed by atoms with Gasteiger partial charge in [0, 0.05) is 133 Å². The molecule has 0 saturated heterocycles. The van der Waals surface area contributed by atoms with Gasteiger partial charge in [-0.1, -0.05) is 481 Å². The zero-order valence-electron chi connectivity index (χ0n) is 89.5. The molecule has 13 aromatic carbocycles. The Morgan fingerprint density at radius 1 is 0.160 bits per heavy atom. The third kappa shape index (κ3) is 16.3. The standard InChI is InChI=1S/3C28H31N.C27H27N.8C2H6/c1-26(2)20-13-9-8-12-18(20)19-16-25-23(17-22(19)26)28(5,6)27(3,4)21-14-10-11-15-24(21)29(25)7;1-26(2)20-13-9-8-12-18(20)19-16-17-22-25(24(19)26)29(7)23-15-11-10-14-21(23)27(3,4)28(22,5)6;1-26(2)19-13-9-8-12-18(19)24-21(26)16-17-23-25(24)28(5,6)27(3,4)20-14-10-11-15-22(20)29(23)7;1-26(2)22-16-10-11-17-23(22)28(5)25-21-15-9-7-13-19(21)18-12-6-8-14-20(18)24(25)27(26,3)4;8*1-2/h3*8-17H,1-7H3;6-17H,1-5H3;8*1-2H3. The van der Waals surface area contributed by atoms with Crippen molar-refractivity contribution in [1.82, 2.24) is 0 Å². The number of fused-ring (bicyclic) bond motifs is 24. The summed E-state index contributed by atoms with van der Waals surface area (Å²) in [7, 11) is 8.95. The summed E-state index contributed by atoms with van der Waals surface area (Å²) in [5.41, 5.74) is 39.2. The van der Waals surface area contributed by atoms with Crippen LogP contribution in [0.3, 0.4) is 0 Å². The van der Waals surface area contributed by atoms with Gasteiger partial charge in [-0.25, -0.2) is 0 Å². The Kier molecular flexibility index (Phi) is 31.7. The van der Waals surface area contributed by atoms with E-state index in [0.29, 0.717) is 0 Å². The van der Waals surface area contributed by atoms with Crippen LogP contribution >= 0.6 is 0 Å². The van der Waals surface area contributed by atoms with Crippen molar-refractivity contribution >= 4 is 67.0 Å². The second-order valence-corrected chi connectivity index (χ2v) is 40.3. The molecule has 0 bridgehead atoms.